The van der Waals surface area contributed by atoms with E-state index < -0.39 is 11.6 Å². The second-order valence-corrected chi connectivity index (χ2v) is 5.67. The van der Waals surface area contributed by atoms with Crippen LogP contribution in [0.1, 0.15) is 24.9 Å². The molecule has 1 atom stereocenters. The maximum atomic E-state index is 13.9. The van der Waals surface area contributed by atoms with Gasteiger partial charge in [0.25, 0.3) is 0 Å². The summed E-state index contributed by atoms with van der Waals surface area (Å²) in [6, 6.07) is 4.17. The Morgan fingerprint density at radius 2 is 1.86 bits per heavy atom. The largest absolute Gasteiger partial charge is 0.309 e. The van der Waals surface area contributed by atoms with Gasteiger partial charge >= 0.3 is 0 Å². The van der Waals surface area contributed by atoms with E-state index in [1.165, 1.54) is 0 Å². The third kappa shape index (κ3) is 6.08. The monoisotopic (exact) mass is 299 g/mol. The summed E-state index contributed by atoms with van der Waals surface area (Å²) in [7, 11) is 6.10. The molecule has 0 bridgehead atoms. The zero-order chi connectivity index (χ0) is 15.8. The molecule has 5 heteroatoms. The molecule has 120 valence electrons. The van der Waals surface area contributed by atoms with Crippen LogP contribution in [0.25, 0.3) is 0 Å². The Labute approximate surface area is 126 Å². The molecule has 0 aliphatic carbocycles. The molecule has 0 saturated carbocycles. The van der Waals surface area contributed by atoms with Crippen molar-refractivity contribution in [1.82, 2.24) is 15.1 Å². The lowest BCUT2D eigenvalue weighted by molar-refractivity contribution is 0.269. The van der Waals surface area contributed by atoms with Gasteiger partial charge in [-0.25, -0.2) is 8.78 Å². The number of halogens is 2. The summed E-state index contributed by atoms with van der Waals surface area (Å²) in [4.78, 5) is 4.29. The van der Waals surface area contributed by atoms with E-state index in [0.717, 1.165) is 25.6 Å². The van der Waals surface area contributed by atoms with E-state index in [-0.39, 0.29) is 6.04 Å². The molecule has 0 aliphatic heterocycles. The maximum absolute atomic E-state index is 13.9. The number of rotatable bonds is 9. The fourth-order valence-corrected chi connectivity index (χ4v) is 2.37. The van der Waals surface area contributed by atoms with Crippen molar-refractivity contribution >= 4 is 0 Å². The topological polar surface area (TPSA) is 18.5 Å². The third-order valence-corrected chi connectivity index (χ3v) is 3.45. The standard InChI is InChI=1S/C16H27F2N3/c1-5-19-15(12-21(4)11-7-10-20(2)3)13-8-6-9-14(17)16(13)18/h6,8-9,15,19H,5,7,10-12H2,1-4H3. The van der Waals surface area contributed by atoms with Gasteiger partial charge in [0.05, 0.1) is 0 Å². The highest BCUT2D eigenvalue weighted by Crippen LogP contribution is 2.20. The van der Waals surface area contributed by atoms with Crippen molar-refractivity contribution in [3.8, 4) is 0 Å². The number of hydrogen-bond donors (Lipinski definition) is 1. The van der Waals surface area contributed by atoms with E-state index in [4.69, 9.17) is 0 Å². The van der Waals surface area contributed by atoms with E-state index in [1.54, 1.807) is 12.1 Å². The van der Waals surface area contributed by atoms with Gasteiger partial charge in [0.15, 0.2) is 11.6 Å². The van der Waals surface area contributed by atoms with Gasteiger partial charge in [-0.15, -0.1) is 0 Å². The Balaban J connectivity index is 2.66. The molecule has 0 fully saturated rings. The molecular formula is C16H27F2N3. The minimum atomic E-state index is -0.786. The van der Waals surface area contributed by atoms with Crippen LogP contribution >= 0.6 is 0 Å². The van der Waals surface area contributed by atoms with Crippen LogP contribution < -0.4 is 5.32 Å². The van der Waals surface area contributed by atoms with Crippen molar-refractivity contribution in [2.45, 2.75) is 19.4 Å². The summed E-state index contributed by atoms with van der Waals surface area (Å²) in [5.74, 6) is -1.53. The summed E-state index contributed by atoms with van der Waals surface area (Å²) in [6.07, 6.45) is 1.05. The first-order chi connectivity index (χ1) is 9.95. The van der Waals surface area contributed by atoms with Crippen molar-refractivity contribution in [3.63, 3.8) is 0 Å². The van der Waals surface area contributed by atoms with E-state index in [9.17, 15) is 8.78 Å². The van der Waals surface area contributed by atoms with Gasteiger partial charge in [0.1, 0.15) is 0 Å². The summed E-state index contributed by atoms with van der Waals surface area (Å²) in [6.45, 7) is 5.28. The van der Waals surface area contributed by atoms with Crippen LogP contribution in [0, 0.1) is 11.6 Å². The van der Waals surface area contributed by atoms with Crippen molar-refractivity contribution in [1.29, 1.82) is 0 Å². The quantitative estimate of drug-likeness (QED) is 0.756. The predicted octanol–water partition coefficient (Wildman–Crippen LogP) is 2.50. The number of nitrogens with one attached hydrogen (secondary N) is 1. The molecule has 0 heterocycles. The average molecular weight is 299 g/mol. The summed E-state index contributed by atoms with van der Waals surface area (Å²) in [5, 5.41) is 3.24. The number of hydrogen-bond acceptors (Lipinski definition) is 3. The molecule has 0 aromatic heterocycles. The van der Waals surface area contributed by atoms with Gasteiger partial charge in [-0.2, -0.15) is 0 Å². The zero-order valence-corrected chi connectivity index (χ0v) is 13.5. The van der Waals surface area contributed by atoms with Gasteiger partial charge in [0.2, 0.25) is 0 Å². The molecule has 3 nitrogen and oxygen atoms in total. The lowest BCUT2D eigenvalue weighted by Gasteiger charge is -2.26. The summed E-state index contributed by atoms with van der Waals surface area (Å²) >= 11 is 0. The average Bonchev–Trinajstić information content (AvgIpc) is 2.41. The third-order valence-electron chi connectivity index (χ3n) is 3.45. The molecule has 0 radical (unpaired) electrons. The van der Waals surface area contributed by atoms with Crippen molar-refractivity contribution in [2.75, 3.05) is 47.3 Å². The lowest BCUT2D eigenvalue weighted by atomic mass is 10.1. The van der Waals surface area contributed by atoms with Crippen molar-refractivity contribution in [3.05, 3.63) is 35.4 Å². The fourth-order valence-electron chi connectivity index (χ4n) is 2.37. The van der Waals surface area contributed by atoms with E-state index >= 15 is 0 Å². The first-order valence-electron chi connectivity index (χ1n) is 7.46. The SMILES string of the molecule is CCNC(CN(C)CCCN(C)C)c1cccc(F)c1F. The fraction of sp³-hybridized carbons (Fsp3) is 0.625. The second kappa shape index (κ2) is 9.07. The Morgan fingerprint density at radius 3 is 2.48 bits per heavy atom. The molecule has 0 amide bonds. The maximum Gasteiger partial charge on any atom is 0.163 e. The molecule has 21 heavy (non-hydrogen) atoms. The van der Waals surface area contributed by atoms with Gasteiger partial charge < -0.3 is 15.1 Å². The predicted molar refractivity (Wildman–Crippen MR) is 83.4 cm³/mol. The Kier molecular flexibility index (Phi) is 7.78. The summed E-state index contributed by atoms with van der Waals surface area (Å²) < 4.78 is 27.3. The van der Waals surface area contributed by atoms with Crippen molar-refractivity contribution < 1.29 is 8.78 Å². The Hall–Kier alpha value is -1.04. The van der Waals surface area contributed by atoms with Gasteiger partial charge in [-0.3, -0.25) is 0 Å². The van der Waals surface area contributed by atoms with Crippen LogP contribution in [0.3, 0.4) is 0 Å². The lowest BCUT2D eigenvalue weighted by Crippen LogP contribution is -2.35. The minimum absolute atomic E-state index is 0.199. The highest BCUT2D eigenvalue weighted by molar-refractivity contribution is 5.23. The van der Waals surface area contributed by atoms with Crippen LogP contribution in [0.15, 0.2) is 18.2 Å². The first-order valence-corrected chi connectivity index (χ1v) is 7.46. The van der Waals surface area contributed by atoms with Crippen molar-refractivity contribution in [2.24, 2.45) is 0 Å². The first kappa shape index (κ1) is 18.0. The van der Waals surface area contributed by atoms with E-state index in [1.807, 2.05) is 28.1 Å². The number of nitrogens with zero attached hydrogens (tertiary/aromatic N) is 2. The number of likely N-dealkylation sites (N-methyl/N-ethyl adjacent to an activating group) is 2. The summed E-state index contributed by atoms with van der Waals surface area (Å²) in [5.41, 5.74) is 0.399. The zero-order valence-electron chi connectivity index (χ0n) is 13.5. The van der Waals surface area contributed by atoms with Crippen LogP contribution in [-0.2, 0) is 0 Å². The van der Waals surface area contributed by atoms with Crippen LogP contribution in [0.5, 0.6) is 0 Å². The minimum Gasteiger partial charge on any atom is -0.309 e. The Bertz CT molecular complexity index is 424. The van der Waals surface area contributed by atoms with Crippen LogP contribution in [-0.4, -0.2) is 57.1 Å². The molecule has 1 N–H and O–H groups in total. The van der Waals surface area contributed by atoms with E-state index in [2.05, 4.69) is 15.1 Å². The molecule has 0 aliphatic rings. The van der Waals surface area contributed by atoms with Gasteiger partial charge in [0, 0.05) is 18.2 Å². The second-order valence-electron chi connectivity index (χ2n) is 5.67. The highest BCUT2D eigenvalue weighted by atomic mass is 19.2. The molecule has 1 aromatic carbocycles. The molecule has 0 saturated heterocycles. The highest BCUT2D eigenvalue weighted by Gasteiger charge is 2.18. The molecular weight excluding hydrogens is 272 g/mol. The van der Waals surface area contributed by atoms with E-state index in [0.29, 0.717) is 18.7 Å². The van der Waals surface area contributed by atoms with Crippen LogP contribution in [0.4, 0.5) is 8.78 Å². The van der Waals surface area contributed by atoms with Crippen LogP contribution in [0.2, 0.25) is 0 Å². The molecule has 0 spiro atoms. The van der Waals surface area contributed by atoms with Gasteiger partial charge in [-0.1, -0.05) is 19.1 Å². The normalized spacial score (nSPS) is 13.1. The smallest absolute Gasteiger partial charge is 0.163 e. The number of benzene rings is 1. The molecule has 1 rings (SSSR count). The Morgan fingerprint density at radius 1 is 1.14 bits per heavy atom. The molecule has 1 aromatic rings. The molecule has 1 unspecified atom stereocenters. The van der Waals surface area contributed by atoms with Gasteiger partial charge in [-0.05, 0) is 53.3 Å².